The van der Waals surface area contributed by atoms with Crippen LogP contribution in [0.5, 0.6) is 5.75 Å². The summed E-state index contributed by atoms with van der Waals surface area (Å²) in [4.78, 5) is 22.6. The molecule has 0 unspecified atom stereocenters. The number of hydrogen-bond acceptors (Lipinski definition) is 7. The van der Waals surface area contributed by atoms with Crippen molar-refractivity contribution in [2.45, 2.75) is 25.4 Å². The van der Waals surface area contributed by atoms with E-state index in [1.807, 2.05) is 0 Å². The van der Waals surface area contributed by atoms with Crippen molar-refractivity contribution in [1.82, 2.24) is 14.9 Å². The van der Waals surface area contributed by atoms with Gasteiger partial charge in [-0.05, 0) is 60.6 Å². The molecule has 1 aliphatic rings. The summed E-state index contributed by atoms with van der Waals surface area (Å²) in [6, 6.07) is 7.43. The van der Waals surface area contributed by atoms with Gasteiger partial charge < -0.3 is 19.8 Å². The number of thiazole rings is 1. The Hall–Kier alpha value is -2.91. The predicted octanol–water partition coefficient (Wildman–Crippen LogP) is 4.64. The van der Waals surface area contributed by atoms with Gasteiger partial charge in [-0.25, -0.2) is 9.37 Å². The SMILES string of the molecule is CN1CCC(c2ncc(-c3cnc([N+](=O)[O-])c(OCc4ccc(F)cc4)c3)s2)CC1. The summed E-state index contributed by atoms with van der Waals surface area (Å²) in [7, 11) is 2.12. The minimum absolute atomic E-state index is 0.0792. The quantitative estimate of drug-likeness (QED) is 0.420. The molecule has 0 amide bonds. The first-order chi connectivity index (χ1) is 14.5. The van der Waals surface area contributed by atoms with Crippen molar-refractivity contribution in [3.63, 3.8) is 0 Å². The molecule has 30 heavy (non-hydrogen) atoms. The molecule has 0 aliphatic carbocycles. The van der Waals surface area contributed by atoms with Crippen LogP contribution in [0.1, 0.15) is 29.3 Å². The molecule has 4 rings (SSSR count). The molecule has 0 saturated carbocycles. The van der Waals surface area contributed by atoms with Gasteiger partial charge >= 0.3 is 5.82 Å². The maximum atomic E-state index is 13.1. The molecule has 0 spiro atoms. The first-order valence-corrected chi connectivity index (χ1v) is 10.5. The highest BCUT2D eigenvalue weighted by molar-refractivity contribution is 7.15. The molecule has 156 valence electrons. The highest BCUT2D eigenvalue weighted by Gasteiger charge is 2.23. The number of rotatable bonds is 6. The number of ether oxygens (including phenoxy) is 1. The summed E-state index contributed by atoms with van der Waals surface area (Å²) in [5, 5.41) is 12.5. The number of benzene rings is 1. The molecular weight excluding hydrogens is 407 g/mol. The Balaban J connectivity index is 1.55. The number of likely N-dealkylation sites (tertiary alicyclic amines) is 1. The third-order valence-electron chi connectivity index (χ3n) is 5.19. The smallest absolute Gasteiger partial charge is 0.406 e. The number of nitrogens with zero attached hydrogens (tertiary/aromatic N) is 4. The maximum Gasteiger partial charge on any atom is 0.406 e. The lowest BCUT2D eigenvalue weighted by atomic mass is 9.98. The average molecular weight is 428 g/mol. The lowest BCUT2D eigenvalue weighted by Crippen LogP contribution is -2.29. The Kier molecular flexibility index (Phi) is 6.01. The van der Waals surface area contributed by atoms with Crippen molar-refractivity contribution in [3.05, 3.63) is 69.2 Å². The van der Waals surface area contributed by atoms with Gasteiger partial charge in [0.15, 0.2) is 0 Å². The van der Waals surface area contributed by atoms with Gasteiger partial charge in [0.2, 0.25) is 5.75 Å². The van der Waals surface area contributed by atoms with Gasteiger partial charge in [-0.2, -0.15) is 0 Å². The average Bonchev–Trinajstić information content (AvgIpc) is 3.24. The van der Waals surface area contributed by atoms with Crippen LogP contribution in [0.25, 0.3) is 10.4 Å². The third-order valence-corrected chi connectivity index (χ3v) is 6.40. The minimum atomic E-state index is -0.569. The minimum Gasteiger partial charge on any atom is -0.481 e. The van der Waals surface area contributed by atoms with Gasteiger partial charge in [0, 0.05) is 23.7 Å². The second-order valence-corrected chi connectivity index (χ2v) is 8.42. The monoisotopic (exact) mass is 428 g/mol. The Morgan fingerprint density at radius 2 is 1.97 bits per heavy atom. The highest BCUT2D eigenvalue weighted by Crippen LogP contribution is 2.37. The molecule has 2 aromatic heterocycles. The van der Waals surface area contributed by atoms with E-state index in [4.69, 9.17) is 4.74 Å². The molecule has 0 atom stereocenters. The standard InChI is InChI=1S/C21H21FN4O3S/c1-25-8-6-15(7-9-25)21-24-12-19(30-21)16-10-18(20(23-11-16)26(27)28)29-13-14-2-4-17(22)5-3-14/h2-5,10-12,15H,6-9,13H2,1H3. The number of aromatic nitrogens is 2. The van der Waals surface area contributed by atoms with Gasteiger partial charge in [0.05, 0.1) is 9.88 Å². The lowest BCUT2D eigenvalue weighted by Gasteiger charge is -2.27. The number of nitro groups is 1. The number of halogens is 1. The van der Waals surface area contributed by atoms with Crippen molar-refractivity contribution < 1.29 is 14.1 Å². The molecule has 9 heteroatoms. The first kappa shape index (κ1) is 20.4. The summed E-state index contributed by atoms with van der Waals surface area (Å²) in [6.07, 6.45) is 5.43. The van der Waals surface area contributed by atoms with E-state index in [-0.39, 0.29) is 24.0 Å². The zero-order valence-electron chi connectivity index (χ0n) is 16.5. The van der Waals surface area contributed by atoms with Crippen molar-refractivity contribution in [2.24, 2.45) is 0 Å². The van der Waals surface area contributed by atoms with E-state index in [0.29, 0.717) is 11.5 Å². The third kappa shape index (κ3) is 4.63. The van der Waals surface area contributed by atoms with E-state index in [0.717, 1.165) is 41.4 Å². The van der Waals surface area contributed by atoms with E-state index in [2.05, 4.69) is 21.9 Å². The van der Waals surface area contributed by atoms with Gasteiger partial charge in [0.25, 0.3) is 0 Å². The summed E-state index contributed by atoms with van der Waals surface area (Å²) in [5.41, 5.74) is 1.44. The Morgan fingerprint density at radius 1 is 1.23 bits per heavy atom. The summed E-state index contributed by atoms with van der Waals surface area (Å²) >= 11 is 1.60. The highest BCUT2D eigenvalue weighted by atomic mass is 32.1. The van der Waals surface area contributed by atoms with E-state index in [9.17, 15) is 14.5 Å². The summed E-state index contributed by atoms with van der Waals surface area (Å²) in [6.45, 7) is 2.19. The molecule has 1 aliphatic heterocycles. The van der Waals surface area contributed by atoms with Crippen molar-refractivity contribution in [1.29, 1.82) is 0 Å². The van der Waals surface area contributed by atoms with Crippen LogP contribution in [0.2, 0.25) is 0 Å². The number of pyridine rings is 1. The Bertz CT molecular complexity index is 1030. The molecule has 0 bridgehead atoms. The van der Waals surface area contributed by atoms with E-state index in [1.54, 1.807) is 35.7 Å². The maximum absolute atomic E-state index is 13.1. The molecule has 3 aromatic rings. The van der Waals surface area contributed by atoms with Crippen LogP contribution >= 0.6 is 11.3 Å². The molecule has 3 heterocycles. The lowest BCUT2D eigenvalue weighted by molar-refractivity contribution is -0.390. The number of hydrogen-bond donors (Lipinski definition) is 0. The molecule has 1 saturated heterocycles. The topological polar surface area (TPSA) is 81.4 Å². The number of piperidine rings is 1. The molecule has 0 radical (unpaired) electrons. The van der Waals surface area contributed by atoms with Crippen molar-refractivity contribution in [3.8, 4) is 16.2 Å². The summed E-state index contributed by atoms with van der Waals surface area (Å²) < 4.78 is 18.7. The van der Waals surface area contributed by atoms with E-state index < -0.39 is 4.92 Å². The molecule has 7 nitrogen and oxygen atoms in total. The zero-order chi connectivity index (χ0) is 21.1. The second-order valence-electron chi connectivity index (χ2n) is 7.36. The van der Waals surface area contributed by atoms with Crippen molar-refractivity contribution >= 4 is 17.2 Å². The predicted molar refractivity (Wildman–Crippen MR) is 112 cm³/mol. The van der Waals surface area contributed by atoms with Gasteiger partial charge in [-0.1, -0.05) is 12.1 Å². The van der Waals surface area contributed by atoms with Gasteiger partial charge in [0.1, 0.15) is 18.6 Å². The normalized spacial score (nSPS) is 15.3. The molecule has 1 aromatic carbocycles. The van der Waals surface area contributed by atoms with Crippen LogP contribution in [0.4, 0.5) is 10.2 Å². The molecular formula is C21H21FN4O3S. The molecule has 1 fully saturated rings. The fourth-order valence-electron chi connectivity index (χ4n) is 3.42. The van der Waals surface area contributed by atoms with Crippen LogP contribution in [0.15, 0.2) is 42.7 Å². The zero-order valence-corrected chi connectivity index (χ0v) is 17.3. The summed E-state index contributed by atoms with van der Waals surface area (Å²) in [5.74, 6) is -0.170. The Morgan fingerprint density at radius 3 is 2.67 bits per heavy atom. The van der Waals surface area contributed by atoms with Crippen LogP contribution in [-0.4, -0.2) is 39.9 Å². The Labute approximate surface area is 177 Å². The fraction of sp³-hybridized carbons (Fsp3) is 0.333. The van der Waals surface area contributed by atoms with Crippen LogP contribution in [0, 0.1) is 15.9 Å². The van der Waals surface area contributed by atoms with Gasteiger partial charge in [-0.3, -0.25) is 0 Å². The molecule has 0 N–H and O–H groups in total. The van der Waals surface area contributed by atoms with Crippen LogP contribution < -0.4 is 4.74 Å². The largest absolute Gasteiger partial charge is 0.481 e. The first-order valence-electron chi connectivity index (χ1n) is 9.66. The van der Waals surface area contributed by atoms with Crippen LogP contribution in [-0.2, 0) is 6.61 Å². The van der Waals surface area contributed by atoms with Crippen molar-refractivity contribution in [2.75, 3.05) is 20.1 Å². The van der Waals surface area contributed by atoms with Gasteiger partial charge in [-0.15, -0.1) is 11.3 Å². The fourth-order valence-corrected chi connectivity index (χ4v) is 4.49. The second kappa shape index (κ2) is 8.85. The van der Waals surface area contributed by atoms with E-state index >= 15 is 0 Å². The van der Waals surface area contributed by atoms with E-state index in [1.165, 1.54) is 18.3 Å². The van der Waals surface area contributed by atoms with Crippen LogP contribution in [0.3, 0.4) is 0 Å².